The van der Waals surface area contributed by atoms with Gasteiger partial charge < -0.3 is 20.8 Å². The Balaban J connectivity index is 2.09. The maximum Gasteiger partial charge on any atom is 0.341 e. The lowest BCUT2D eigenvalue weighted by molar-refractivity contribution is 0.0696. The molecule has 1 aliphatic rings. The molecule has 0 radical (unpaired) electrons. The predicted octanol–water partition coefficient (Wildman–Crippen LogP) is 2.05. The van der Waals surface area contributed by atoms with Crippen molar-refractivity contribution in [2.24, 2.45) is 0 Å². The zero-order chi connectivity index (χ0) is 16.8. The van der Waals surface area contributed by atoms with Gasteiger partial charge in [-0.2, -0.15) is 4.98 Å². The van der Waals surface area contributed by atoms with Gasteiger partial charge in [-0.1, -0.05) is 6.92 Å². The van der Waals surface area contributed by atoms with Crippen LogP contribution in [0.25, 0.3) is 0 Å². The summed E-state index contributed by atoms with van der Waals surface area (Å²) in [5, 5.41) is 24.7. The normalized spacial score (nSPS) is 22.4. The average molecular weight is 326 g/mol. The largest absolute Gasteiger partial charge is 0.477 e. The number of carboxylic acid groups (broad SMARTS) is 1. The van der Waals surface area contributed by atoms with E-state index >= 15 is 0 Å². The first kappa shape index (κ1) is 17.4. The molecule has 1 fully saturated rings. The summed E-state index contributed by atoms with van der Waals surface area (Å²) in [5.74, 6) is -0.695. The monoisotopic (exact) mass is 326 g/mol. The summed E-state index contributed by atoms with van der Waals surface area (Å²) >= 11 is 0. The third kappa shape index (κ3) is 5.02. The molecular formula is C15H23FN4O3. The number of alkyl halides is 1. The van der Waals surface area contributed by atoms with Gasteiger partial charge in [0, 0.05) is 18.8 Å². The molecule has 2 rings (SSSR count). The second-order valence-corrected chi connectivity index (χ2v) is 5.80. The van der Waals surface area contributed by atoms with Crippen molar-refractivity contribution in [1.29, 1.82) is 0 Å². The van der Waals surface area contributed by atoms with Crippen molar-refractivity contribution in [3.8, 4) is 0 Å². The number of halogens is 1. The van der Waals surface area contributed by atoms with Crippen molar-refractivity contribution in [2.75, 3.05) is 17.2 Å². The Labute approximate surface area is 134 Å². The number of carbonyl (C=O) groups is 1. The Morgan fingerprint density at radius 1 is 1.43 bits per heavy atom. The zero-order valence-corrected chi connectivity index (χ0v) is 13.1. The lowest BCUT2D eigenvalue weighted by Gasteiger charge is -2.27. The minimum Gasteiger partial charge on any atom is -0.477 e. The molecular weight excluding hydrogens is 303 g/mol. The molecule has 0 amide bonds. The third-order valence-corrected chi connectivity index (χ3v) is 3.98. The van der Waals surface area contributed by atoms with Crippen LogP contribution >= 0.6 is 0 Å². The predicted molar refractivity (Wildman–Crippen MR) is 84.6 cm³/mol. The Morgan fingerprint density at radius 3 is 2.74 bits per heavy atom. The summed E-state index contributed by atoms with van der Waals surface area (Å²) in [6, 6.07) is 0.0591. The average Bonchev–Trinajstić information content (AvgIpc) is 2.54. The standard InChI is InChI=1S/C15H23FN4O3/c1-2-9(16)7-17-15-18-8-12(14(22)23)13(20-15)19-10-3-5-11(21)6-4-10/h8-11,21H,2-7H2,1H3,(H,22,23)(H2,17,18,19,20)/t9-,10?,11?/m0/s1. The third-order valence-electron chi connectivity index (χ3n) is 3.98. The number of nitrogens with zero attached hydrogens (tertiary/aromatic N) is 2. The highest BCUT2D eigenvalue weighted by Crippen LogP contribution is 2.23. The van der Waals surface area contributed by atoms with E-state index in [-0.39, 0.29) is 36.0 Å². The minimum atomic E-state index is -1.12. The Kier molecular flexibility index (Phi) is 6.09. The molecule has 1 atom stereocenters. The van der Waals surface area contributed by atoms with Crippen LogP contribution < -0.4 is 10.6 Å². The topological polar surface area (TPSA) is 107 Å². The molecule has 1 heterocycles. The van der Waals surface area contributed by atoms with Crippen LogP contribution in [0.15, 0.2) is 6.20 Å². The number of nitrogens with one attached hydrogen (secondary N) is 2. The SMILES string of the molecule is CC[C@H](F)CNc1ncc(C(=O)O)c(NC2CCC(O)CC2)n1. The second-order valence-electron chi connectivity index (χ2n) is 5.80. The van der Waals surface area contributed by atoms with Gasteiger partial charge >= 0.3 is 5.97 Å². The summed E-state index contributed by atoms with van der Waals surface area (Å²) in [6.45, 7) is 1.82. The van der Waals surface area contributed by atoms with Crippen molar-refractivity contribution >= 4 is 17.7 Å². The first-order chi connectivity index (χ1) is 11.0. The van der Waals surface area contributed by atoms with Gasteiger partial charge in [0.1, 0.15) is 17.6 Å². The van der Waals surface area contributed by atoms with Gasteiger partial charge in [0.2, 0.25) is 5.95 Å². The fraction of sp³-hybridized carbons (Fsp3) is 0.667. The van der Waals surface area contributed by atoms with E-state index in [1.54, 1.807) is 6.92 Å². The van der Waals surface area contributed by atoms with Crippen molar-refractivity contribution in [3.05, 3.63) is 11.8 Å². The molecule has 8 heteroatoms. The van der Waals surface area contributed by atoms with Crippen LogP contribution in [0.2, 0.25) is 0 Å². The lowest BCUT2D eigenvalue weighted by Crippen LogP contribution is -2.29. The molecule has 0 aliphatic heterocycles. The smallest absolute Gasteiger partial charge is 0.341 e. The lowest BCUT2D eigenvalue weighted by atomic mass is 9.93. The molecule has 1 saturated carbocycles. The number of carboxylic acids is 1. The first-order valence-electron chi connectivity index (χ1n) is 7.92. The van der Waals surface area contributed by atoms with E-state index in [9.17, 15) is 19.4 Å². The molecule has 0 bridgehead atoms. The van der Waals surface area contributed by atoms with E-state index < -0.39 is 12.1 Å². The van der Waals surface area contributed by atoms with Crippen molar-refractivity contribution < 1.29 is 19.4 Å². The number of aromatic nitrogens is 2. The molecule has 1 aromatic rings. The summed E-state index contributed by atoms with van der Waals surface area (Å²) in [6.07, 6.45) is 3.16. The highest BCUT2D eigenvalue weighted by molar-refractivity contribution is 5.93. The van der Waals surface area contributed by atoms with E-state index in [0.717, 1.165) is 12.8 Å². The van der Waals surface area contributed by atoms with Crippen LogP contribution in [0.1, 0.15) is 49.4 Å². The molecule has 0 saturated heterocycles. The van der Waals surface area contributed by atoms with Gasteiger partial charge in [0.05, 0.1) is 6.10 Å². The number of anilines is 2. The first-order valence-corrected chi connectivity index (χ1v) is 7.92. The highest BCUT2D eigenvalue weighted by Gasteiger charge is 2.22. The Hall–Kier alpha value is -1.96. The number of aromatic carboxylic acids is 1. The maximum atomic E-state index is 13.3. The fourth-order valence-corrected chi connectivity index (χ4v) is 2.49. The highest BCUT2D eigenvalue weighted by atomic mass is 19.1. The molecule has 1 aromatic heterocycles. The maximum absolute atomic E-state index is 13.3. The van der Waals surface area contributed by atoms with Crippen molar-refractivity contribution in [3.63, 3.8) is 0 Å². The van der Waals surface area contributed by atoms with E-state index in [2.05, 4.69) is 20.6 Å². The molecule has 0 spiro atoms. The van der Waals surface area contributed by atoms with Crippen LogP contribution in [0, 0.1) is 0 Å². The number of aliphatic hydroxyl groups is 1. The van der Waals surface area contributed by atoms with Crippen LogP contribution in [-0.4, -0.2) is 51.0 Å². The molecule has 7 nitrogen and oxygen atoms in total. The van der Waals surface area contributed by atoms with E-state index in [4.69, 9.17) is 0 Å². The summed E-state index contributed by atoms with van der Waals surface area (Å²) in [4.78, 5) is 19.4. The molecule has 4 N–H and O–H groups in total. The molecule has 128 valence electrons. The molecule has 0 aromatic carbocycles. The molecule has 23 heavy (non-hydrogen) atoms. The van der Waals surface area contributed by atoms with Crippen LogP contribution in [0.5, 0.6) is 0 Å². The van der Waals surface area contributed by atoms with E-state index in [1.807, 2.05) is 0 Å². The zero-order valence-electron chi connectivity index (χ0n) is 13.1. The number of aliphatic hydroxyl groups excluding tert-OH is 1. The van der Waals surface area contributed by atoms with Gasteiger partial charge in [0.15, 0.2) is 0 Å². The fourth-order valence-electron chi connectivity index (χ4n) is 2.49. The minimum absolute atomic E-state index is 0.0195. The number of rotatable bonds is 7. The summed E-state index contributed by atoms with van der Waals surface area (Å²) in [7, 11) is 0. The van der Waals surface area contributed by atoms with Crippen LogP contribution in [0.3, 0.4) is 0 Å². The van der Waals surface area contributed by atoms with Crippen molar-refractivity contribution in [2.45, 2.75) is 57.3 Å². The van der Waals surface area contributed by atoms with Crippen LogP contribution in [-0.2, 0) is 0 Å². The van der Waals surface area contributed by atoms with Crippen LogP contribution in [0.4, 0.5) is 16.2 Å². The summed E-state index contributed by atoms with van der Waals surface area (Å²) in [5.41, 5.74) is -0.0195. The number of hydrogen-bond donors (Lipinski definition) is 4. The van der Waals surface area contributed by atoms with Gasteiger partial charge in [-0.05, 0) is 32.1 Å². The van der Waals surface area contributed by atoms with Gasteiger partial charge in [-0.15, -0.1) is 0 Å². The van der Waals surface area contributed by atoms with Gasteiger partial charge in [-0.25, -0.2) is 14.2 Å². The summed E-state index contributed by atoms with van der Waals surface area (Å²) < 4.78 is 13.3. The van der Waals surface area contributed by atoms with Gasteiger partial charge in [0.25, 0.3) is 0 Å². The quantitative estimate of drug-likeness (QED) is 0.607. The molecule has 1 aliphatic carbocycles. The van der Waals surface area contributed by atoms with E-state index in [0.29, 0.717) is 19.3 Å². The number of hydrogen-bond acceptors (Lipinski definition) is 6. The van der Waals surface area contributed by atoms with Gasteiger partial charge in [-0.3, -0.25) is 0 Å². The Morgan fingerprint density at radius 2 is 2.13 bits per heavy atom. The molecule has 0 unspecified atom stereocenters. The Bertz CT molecular complexity index is 535. The van der Waals surface area contributed by atoms with Crippen molar-refractivity contribution in [1.82, 2.24) is 9.97 Å². The van der Waals surface area contributed by atoms with E-state index in [1.165, 1.54) is 6.20 Å². The second kappa shape index (κ2) is 8.05.